The number of hydrogen-bond donors (Lipinski definition) is 1. The van der Waals surface area contributed by atoms with Crippen LogP contribution in [0.15, 0.2) is 59.4 Å². The lowest BCUT2D eigenvalue weighted by atomic mass is 9.76. The summed E-state index contributed by atoms with van der Waals surface area (Å²) in [6.07, 6.45) is 6.88. The summed E-state index contributed by atoms with van der Waals surface area (Å²) in [5.41, 5.74) is 1.57. The molecule has 5 rings (SSSR count). The van der Waals surface area contributed by atoms with Crippen molar-refractivity contribution in [3.63, 3.8) is 0 Å². The summed E-state index contributed by atoms with van der Waals surface area (Å²) in [5, 5.41) is 0.764. The molecule has 2 aliphatic carbocycles. The highest BCUT2D eigenvalue weighted by Gasteiger charge is 2.39. The van der Waals surface area contributed by atoms with Crippen molar-refractivity contribution in [1.82, 2.24) is 14.9 Å². The number of ether oxygens (including phenoxy) is 1. The summed E-state index contributed by atoms with van der Waals surface area (Å²) >= 11 is 6.22. The molecular weight excluding hydrogens is 602 g/mol. The largest absolute Gasteiger partial charge is 0.481 e. The molecule has 45 heavy (non-hydrogen) atoms. The number of halogens is 1. The van der Waals surface area contributed by atoms with E-state index in [2.05, 4.69) is 51.0 Å². The smallest absolute Gasteiger partial charge is 0.294 e. The van der Waals surface area contributed by atoms with Gasteiger partial charge in [-0.25, -0.2) is 4.98 Å². The number of carbonyl (C=O) groups excluding carboxylic acids is 1. The van der Waals surface area contributed by atoms with Crippen molar-refractivity contribution < 1.29 is 14.0 Å². The third-order valence-corrected chi connectivity index (χ3v) is 14.8. The molecule has 2 saturated carbocycles. The van der Waals surface area contributed by atoms with E-state index in [1.165, 1.54) is 5.56 Å². The van der Waals surface area contributed by atoms with Gasteiger partial charge in [0.2, 0.25) is 5.75 Å². The van der Waals surface area contributed by atoms with Gasteiger partial charge >= 0.3 is 0 Å². The van der Waals surface area contributed by atoms with Crippen LogP contribution in [0.1, 0.15) is 86.7 Å². The molecule has 0 saturated heterocycles. The third-order valence-electron chi connectivity index (χ3n) is 9.97. The molecule has 0 aliphatic heterocycles. The van der Waals surface area contributed by atoms with Crippen molar-refractivity contribution in [3.05, 3.63) is 92.6 Å². The van der Waals surface area contributed by atoms with Gasteiger partial charge in [-0.05, 0) is 73.0 Å². The molecule has 1 amide bonds. The van der Waals surface area contributed by atoms with Crippen LogP contribution < -0.4 is 10.3 Å². The lowest BCUT2D eigenvalue weighted by Crippen LogP contribution is -2.44. The Morgan fingerprint density at radius 2 is 1.73 bits per heavy atom. The number of benzene rings is 2. The minimum absolute atomic E-state index is 0.0225. The number of H-pyrrole nitrogens is 1. The highest BCUT2D eigenvalue weighted by molar-refractivity contribution is 6.74. The monoisotopic (exact) mass is 649 g/mol. The Hall–Kier alpha value is -2.94. The van der Waals surface area contributed by atoms with Crippen molar-refractivity contribution in [2.24, 2.45) is 5.92 Å². The molecule has 242 valence electrons. The Balaban J connectivity index is 1.47. The van der Waals surface area contributed by atoms with E-state index >= 15 is 0 Å². The SMILES string of the molecule is CC(C)(C)[Si](C)(C)OCCN(CC1CC1)C(=O)c1nc(CC2(c3ccc(Cl)cc3)CCCC2)[nH]c(=O)c1OCc1ccccc1. The summed E-state index contributed by atoms with van der Waals surface area (Å²) < 4.78 is 12.6. The van der Waals surface area contributed by atoms with Crippen LogP contribution in [0.2, 0.25) is 23.2 Å². The maximum atomic E-state index is 14.4. The fraction of sp³-hybridized carbons (Fsp3) is 0.528. The fourth-order valence-corrected chi connectivity index (χ4v) is 7.17. The van der Waals surface area contributed by atoms with Crippen LogP contribution in [0.25, 0.3) is 0 Å². The molecule has 2 aliphatic rings. The van der Waals surface area contributed by atoms with Crippen LogP contribution in [0.5, 0.6) is 5.75 Å². The number of aromatic amines is 1. The van der Waals surface area contributed by atoms with E-state index in [0.717, 1.165) is 44.1 Å². The maximum Gasteiger partial charge on any atom is 0.294 e. The lowest BCUT2D eigenvalue weighted by Gasteiger charge is -2.37. The molecule has 1 N–H and O–H groups in total. The molecule has 9 heteroatoms. The average molecular weight is 650 g/mol. The zero-order chi connectivity index (χ0) is 32.2. The van der Waals surface area contributed by atoms with Crippen LogP contribution in [-0.2, 0) is 22.9 Å². The zero-order valence-electron chi connectivity index (χ0n) is 27.5. The molecule has 0 atom stereocenters. The van der Waals surface area contributed by atoms with E-state index < -0.39 is 13.9 Å². The van der Waals surface area contributed by atoms with Gasteiger partial charge in [0.25, 0.3) is 11.5 Å². The molecule has 1 aromatic heterocycles. The topological polar surface area (TPSA) is 84.5 Å². The molecule has 2 fully saturated rings. The van der Waals surface area contributed by atoms with Crippen molar-refractivity contribution in [1.29, 1.82) is 0 Å². The molecule has 3 aromatic rings. The number of carbonyl (C=O) groups is 1. The third kappa shape index (κ3) is 8.26. The van der Waals surface area contributed by atoms with Gasteiger partial charge in [-0.3, -0.25) is 9.59 Å². The number of amides is 1. The Kier molecular flexibility index (Phi) is 10.3. The van der Waals surface area contributed by atoms with E-state index in [9.17, 15) is 9.59 Å². The first-order valence-corrected chi connectivity index (χ1v) is 19.6. The van der Waals surface area contributed by atoms with E-state index in [1.54, 1.807) is 0 Å². The average Bonchev–Trinajstić information content (AvgIpc) is 3.70. The zero-order valence-corrected chi connectivity index (χ0v) is 29.2. The van der Waals surface area contributed by atoms with E-state index in [0.29, 0.717) is 42.9 Å². The van der Waals surface area contributed by atoms with Gasteiger partial charge < -0.3 is 19.0 Å². The Bertz CT molecular complexity index is 1510. The molecule has 0 spiro atoms. The molecule has 1 heterocycles. The van der Waals surface area contributed by atoms with E-state index in [1.807, 2.05) is 47.4 Å². The van der Waals surface area contributed by atoms with Gasteiger partial charge in [-0.15, -0.1) is 0 Å². The molecule has 0 radical (unpaired) electrons. The maximum absolute atomic E-state index is 14.4. The molecule has 2 aromatic carbocycles. The van der Waals surface area contributed by atoms with Gasteiger partial charge in [0.15, 0.2) is 14.0 Å². The minimum atomic E-state index is -2.00. The Morgan fingerprint density at radius 1 is 1.07 bits per heavy atom. The van der Waals surface area contributed by atoms with Crippen molar-refractivity contribution in [2.75, 3.05) is 19.7 Å². The number of nitrogens with one attached hydrogen (secondary N) is 1. The predicted molar refractivity (Wildman–Crippen MR) is 183 cm³/mol. The molecule has 0 unspecified atom stereocenters. The first-order valence-electron chi connectivity index (χ1n) is 16.4. The summed E-state index contributed by atoms with van der Waals surface area (Å²) in [7, 11) is -2.00. The second kappa shape index (κ2) is 13.8. The lowest BCUT2D eigenvalue weighted by molar-refractivity contribution is 0.0704. The molecular formula is C36H48ClN3O4Si. The fourth-order valence-electron chi connectivity index (χ4n) is 6.01. The molecule has 7 nitrogen and oxygen atoms in total. The van der Waals surface area contributed by atoms with Crippen LogP contribution in [0, 0.1) is 5.92 Å². The highest BCUT2D eigenvalue weighted by Crippen LogP contribution is 2.43. The van der Waals surface area contributed by atoms with Crippen molar-refractivity contribution in [3.8, 4) is 5.75 Å². The summed E-state index contributed by atoms with van der Waals surface area (Å²) in [6, 6.07) is 17.7. The van der Waals surface area contributed by atoms with Crippen LogP contribution in [0.4, 0.5) is 0 Å². The second-order valence-corrected chi connectivity index (χ2v) is 19.7. The normalized spacial score (nSPS) is 16.5. The Labute approximate surface area is 273 Å². The molecule has 0 bridgehead atoms. The van der Waals surface area contributed by atoms with E-state index in [-0.39, 0.29) is 34.4 Å². The minimum Gasteiger partial charge on any atom is -0.481 e. The van der Waals surface area contributed by atoms with Gasteiger partial charge in [-0.1, -0.05) is 87.7 Å². The summed E-state index contributed by atoms with van der Waals surface area (Å²) in [4.78, 5) is 37.9. The number of rotatable bonds is 13. The Morgan fingerprint density at radius 3 is 2.36 bits per heavy atom. The first kappa shape index (κ1) is 33.4. The van der Waals surface area contributed by atoms with Crippen LogP contribution in [0.3, 0.4) is 0 Å². The van der Waals surface area contributed by atoms with Gasteiger partial charge in [0.05, 0.1) is 6.61 Å². The van der Waals surface area contributed by atoms with Gasteiger partial charge in [0, 0.05) is 29.9 Å². The predicted octanol–water partition coefficient (Wildman–Crippen LogP) is 7.93. The highest BCUT2D eigenvalue weighted by atomic mass is 35.5. The van der Waals surface area contributed by atoms with Crippen molar-refractivity contribution in [2.45, 2.75) is 95.9 Å². The number of hydrogen-bond acceptors (Lipinski definition) is 5. The summed E-state index contributed by atoms with van der Waals surface area (Å²) in [5.74, 6) is 0.675. The van der Waals surface area contributed by atoms with Crippen molar-refractivity contribution >= 4 is 25.8 Å². The van der Waals surface area contributed by atoms with Crippen LogP contribution in [-0.4, -0.2) is 48.8 Å². The first-order chi connectivity index (χ1) is 21.4. The quantitative estimate of drug-likeness (QED) is 0.190. The number of aromatic nitrogens is 2. The van der Waals surface area contributed by atoms with Crippen LogP contribution >= 0.6 is 11.6 Å². The van der Waals surface area contributed by atoms with Gasteiger partial charge in [0.1, 0.15) is 12.4 Å². The summed E-state index contributed by atoms with van der Waals surface area (Å²) in [6.45, 7) is 12.8. The standard InChI is InChI=1S/C36H48ClN3O4Si/c1-35(2,3)45(4,5)44-22-21-40(24-26-13-14-26)34(42)31-32(43-25-27-11-7-6-8-12-27)33(41)39-30(38-31)23-36(19-9-10-20-36)28-15-17-29(37)18-16-28/h6-8,11-12,15-18,26H,9-10,13-14,19-25H2,1-5H3,(H,38,39,41). The number of nitrogens with zero attached hydrogens (tertiary/aromatic N) is 2. The van der Waals surface area contributed by atoms with Gasteiger partial charge in [-0.2, -0.15) is 0 Å². The second-order valence-electron chi connectivity index (χ2n) is 14.4. The van der Waals surface area contributed by atoms with E-state index in [4.69, 9.17) is 25.7 Å².